The van der Waals surface area contributed by atoms with Crippen LogP contribution in [0.5, 0.6) is 0 Å². The molecule has 0 aromatic heterocycles. The molecule has 0 saturated heterocycles. The Morgan fingerprint density at radius 1 is 0.731 bits per heavy atom. The molecule has 0 fully saturated rings. The third-order valence-electron chi connectivity index (χ3n) is 5.16. The van der Waals surface area contributed by atoms with Crippen LogP contribution in [0.15, 0.2) is 35.6 Å². The number of unbranched alkanes of at least 4 members (excludes halogenated alkanes) is 9. The number of benzene rings is 1. The van der Waals surface area contributed by atoms with Crippen LogP contribution in [-0.2, 0) is 4.74 Å². The highest BCUT2D eigenvalue weighted by atomic mass is 16.5. The van der Waals surface area contributed by atoms with Crippen LogP contribution < -0.4 is 0 Å². The van der Waals surface area contributed by atoms with Crippen molar-refractivity contribution in [1.82, 2.24) is 0 Å². The van der Waals surface area contributed by atoms with Gasteiger partial charge in [-0.3, -0.25) is 9.59 Å². The van der Waals surface area contributed by atoms with Gasteiger partial charge in [0.05, 0.1) is 7.11 Å². The third kappa shape index (κ3) is 5.30. The largest absolute Gasteiger partial charge is 0.492 e. The highest BCUT2D eigenvalue weighted by Gasteiger charge is 2.32. The molecule has 0 atom stereocenters. The van der Waals surface area contributed by atoms with Crippen molar-refractivity contribution in [2.45, 2.75) is 77.6 Å². The SMILES string of the molecule is CCCCCCCCCCCCC1=C(OC)C(=O)c2ccccc2C1=O. The summed E-state index contributed by atoms with van der Waals surface area (Å²) in [5.74, 6) is 0.0300. The van der Waals surface area contributed by atoms with Crippen molar-refractivity contribution in [3.8, 4) is 0 Å². The summed E-state index contributed by atoms with van der Waals surface area (Å²) in [4.78, 5) is 25.3. The minimum Gasteiger partial charge on any atom is -0.492 e. The number of allylic oxidation sites excluding steroid dienone is 2. The van der Waals surface area contributed by atoms with Crippen molar-refractivity contribution in [1.29, 1.82) is 0 Å². The third-order valence-corrected chi connectivity index (χ3v) is 5.16. The molecule has 3 heteroatoms. The summed E-state index contributed by atoms with van der Waals surface area (Å²) in [7, 11) is 1.48. The normalized spacial score (nSPS) is 13.9. The van der Waals surface area contributed by atoms with Gasteiger partial charge in [-0.1, -0.05) is 89.0 Å². The Hall–Kier alpha value is -1.90. The Balaban J connectivity index is 1.78. The van der Waals surface area contributed by atoms with Crippen molar-refractivity contribution in [2.24, 2.45) is 0 Å². The van der Waals surface area contributed by atoms with Crippen molar-refractivity contribution >= 4 is 11.6 Å². The minimum atomic E-state index is -0.162. The summed E-state index contributed by atoms with van der Waals surface area (Å²) in [6, 6.07) is 7.02. The van der Waals surface area contributed by atoms with Gasteiger partial charge in [0.2, 0.25) is 5.78 Å². The number of ether oxygens (including phenoxy) is 1. The molecular weight excluding hydrogens is 324 g/mol. The first-order chi connectivity index (χ1) is 12.7. The molecule has 0 aliphatic heterocycles. The number of ketones is 2. The van der Waals surface area contributed by atoms with Gasteiger partial charge in [-0.05, 0) is 12.8 Å². The number of carbonyl (C=O) groups is 2. The van der Waals surface area contributed by atoms with Crippen molar-refractivity contribution in [3.05, 3.63) is 46.7 Å². The molecule has 142 valence electrons. The maximum Gasteiger partial charge on any atom is 0.228 e. The second kappa shape index (κ2) is 10.9. The van der Waals surface area contributed by atoms with E-state index in [9.17, 15) is 9.59 Å². The Labute approximate surface area is 157 Å². The first-order valence-electron chi connectivity index (χ1n) is 10.2. The van der Waals surface area contributed by atoms with Gasteiger partial charge in [0.15, 0.2) is 11.5 Å². The van der Waals surface area contributed by atoms with Gasteiger partial charge in [-0.2, -0.15) is 0 Å². The molecule has 0 saturated carbocycles. The van der Waals surface area contributed by atoms with E-state index in [4.69, 9.17) is 4.74 Å². The molecule has 2 rings (SSSR count). The fourth-order valence-electron chi connectivity index (χ4n) is 3.64. The number of hydrogen-bond acceptors (Lipinski definition) is 3. The maximum atomic E-state index is 12.7. The summed E-state index contributed by atoms with van der Waals surface area (Å²) in [5.41, 5.74) is 1.53. The number of carbonyl (C=O) groups excluding carboxylic acids is 2. The van der Waals surface area contributed by atoms with Crippen LogP contribution >= 0.6 is 0 Å². The van der Waals surface area contributed by atoms with E-state index in [1.165, 1.54) is 58.5 Å². The van der Waals surface area contributed by atoms with Crippen LogP contribution in [0.2, 0.25) is 0 Å². The van der Waals surface area contributed by atoms with Gasteiger partial charge >= 0.3 is 0 Å². The molecule has 0 radical (unpaired) electrons. The lowest BCUT2D eigenvalue weighted by atomic mass is 9.86. The Bertz CT molecular complexity index is 643. The van der Waals surface area contributed by atoms with Gasteiger partial charge in [-0.25, -0.2) is 0 Å². The van der Waals surface area contributed by atoms with E-state index in [0.717, 1.165) is 12.8 Å². The second-order valence-corrected chi connectivity index (χ2v) is 7.15. The molecule has 1 aromatic carbocycles. The highest BCUT2D eigenvalue weighted by molar-refractivity contribution is 6.26. The molecule has 1 aromatic rings. The molecule has 26 heavy (non-hydrogen) atoms. The van der Waals surface area contributed by atoms with Crippen LogP contribution in [0.25, 0.3) is 0 Å². The molecule has 1 aliphatic rings. The van der Waals surface area contributed by atoms with Crippen molar-refractivity contribution in [3.63, 3.8) is 0 Å². The number of hydrogen-bond donors (Lipinski definition) is 0. The van der Waals surface area contributed by atoms with Gasteiger partial charge in [0, 0.05) is 16.7 Å². The average Bonchev–Trinajstić information content (AvgIpc) is 2.67. The zero-order chi connectivity index (χ0) is 18.8. The number of rotatable bonds is 12. The quantitative estimate of drug-likeness (QED) is 0.414. The number of Topliss-reactive ketones (excluding diaryl/α,β-unsaturated/α-hetero) is 2. The van der Waals surface area contributed by atoms with Crippen LogP contribution in [0.4, 0.5) is 0 Å². The summed E-state index contributed by atoms with van der Waals surface area (Å²) < 4.78 is 5.29. The summed E-state index contributed by atoms with van der Waals surface area (Å²) in [6.45, 7) is 2.24. The maximum absolute atomic E-state index is 12.7. The highest BCUT2D eigenvalue weighted by Crippen LogP contribution is 2.29. The van der Waals surface area contributed by atoms with E-state index >= 15 is 0 Å². The number of fused-ring (bicyclic) bond motifs is 1. The zero-order valence-corrected chi connectivity index (χ0v) is 16.3. The molecule has 0 unspecified atom stereocenters. The van der Waals surface area contributed by atoms with E-state index < -0.39 is 0 Å². The van der Waals surface area contributed by atoms with Crippen LogP contribution in [0, 0.1) is 0 Å². The molecule has 3 nitrogen and oxygen atoms in total. The van der Waals surface area contributed by atoms with E-state index in [1.807, 2.05) is 0 Å². The Kier molecular flexibility index (Phi) is 8.60. The second-order valence-electron chi connectivity index (χ2n) is 7.15. The fourth-order valence-corrected chi connectivity index (χ4v) is 3.64. The first-order valence-corrected chi connectivity index (χ1v) is 10.2. The van der Waals surface area contributed by atoms with E-state index in [1.54, 1.807) is 24.3 Å². The summed E-state index contributed by atoms with van der Waals surface area (Å²) in [5, 5.41) is 0. The molecular formula is C23H32O3. The van der Waals surface area contributed by atoms with E-state index in [0.29, 0.717) is 23.1 Å². The standard InChI is InChI=1S/C23H32O3/c1-3-4-5-6-7-8-9-10-11-12-17-20-21(24)18-15-13-14-16-19(18)22(25)23(20)26-2/h13-16H,3-12,17H2,1-2H3. The predicted molar refractivity (Wildman–Crippen MR) is 106 cm³/mol. The summed E-state index contributed by atoms with van der Waals surface area (Å²) in [6.07, 6.45) is 13.1. The fraction of sp³-hybridized carbons (Fsp3) is 0.565. The lowest BCUT2D eigenvalue weighted by molar-refractivity contribution is 0.0902. The van der Waals surface area contributed by atoms with Crippen LogP contribution in [0.1, 0.15) is 98.3 Å². The van der Waals surface area contributed by atoms with Crippen molar-refractivity contribution in [2.75, 3.05) is 7.11 Å². The molecule has 0 N–H and O–H groups in total. The lowest BCUT2D eigenvalue weighted by Crippen LogP contribution is -2.23. The number of methoxy groups -OCH3 is 1. The Morgan fingerprint density at radius 3 is 1.77 bits per heavy atom. The topological polar surface area (TPSA) is 43.4 Å². The Morgan fingerprint density at radius 2 is 1.23 bits per heavy atom. The van der Waals surface area contributed by atoms with Gasteiger partial charge in [0.1, 0.15) is 0 Å². The predicted octanol–water partition coefficient (Wildman–Crippen LogP) is 6.28. The summed E-state index contributed by atoms with van der Waals surface area (Å²) >= 11 is 0. The van der Waals surface area contributed by atoms with Crippen LogP contribution in [-0.4, -0.2) is 18.7 Å². The zero-order valence-electron chi connectivity index (χ0n) is 16.3. The molecule has 0 bridgehead atoms. The molecule has 0 heterocycles. The lowest BCUT2D eigenvalue weighted by Gasteiger charge is -2.19. The molecule has 0 spiro atoms. The first kappa shape index (κ1) is 20.4. The van der Waals surface area contributed by atoms with Crippen LogP contribution in [0.3, 0.4) is 0 Å². The van der Waals surface area contributed by atoms with Crippen molar-refractivity contribution < 1.29 is 14.3 Å². The van der Waals surface area contributed by atoms with Gasteiger partial charge in [-0.15, -0.1) is 0 Å². The van der Waals surface area contributed by atoms with Gasteiger partial charge in [0.25, 0.3) is 0 Å². The monoisotopic (exact) mass is 356 g/mol. The van der Waals surface area contributed by atoms with E-state index in [-0.39, 0.29) is 17.3 Å². The molecule has 0 amide bonds. The minimum absolute atomic E-state index is 0.0482. The average molecular weight is 357 g/mol. The van der Waals surface area contributed by atoms with E-state index in [2.05, 4.69) is 6.92 Å². The molecule has 1 aliphatic carbocycles. The smallest absolute Gasteiger partial charge is 0.228 e. The van der Waals surface area contributed by atoms with Gasteiger partial charge < -0.3 is 4.74 Å².